The molecule has 1 unspecified atom stereocenters. The van der Waals surface area contributed by atoms with Gasteiger partial charge in [0.05, 0.1) is 18.5 Å². The number of carboxylic acid groups (broad SMARTS) is 1. The second-order valence-corrected chi connectivity index (χ2v) is 6.98. The number of carbonyl (C=O) groups is 2. The summed E-state index contributed by atoms with van der Waals surface area (Å²) in [6, 6.07) is 9.54. The second-order valence-electron chi connectivity index (χ2n) is 6.98. The molecule has 2 heterocycles. The molecule has 0 bridgehead atoms. The van der Waals surface area contributed by atoms with E-state index in [1.54, 1.807) is 11.9 Å². The molecule has 1 amide bonds. The summed E-state index contributed by atoms with van der Waals surface area (Å²) in [6.45, 7) is 5.14. The van der Waals surface area contributed by atoms with Gasteiger partial charge in [-0.15, -0.1) is 0 Å². The van der Waals surface area contributed by atoms with Gasteiger partial charge in [-0.25, -0.2) is 0 Å². The van der Waals surface area contributed by atoms with Crippen molar-refractivity contribution in [2.45, 2.75) is 19.9 Å². The fourth-order valence-corrected chi connectivity index (χ4v) is 3.44. The molecule has 134 valence electrons. The van der Waals surface area contributed by atoms with Crippen molar-refractivity contribution in [3.8, 4) is 0 Å². The first kappa shape index (κ1) is 17.5. The highest BCUT2D eigenvalue weighted by molar-refractivity contribution is 5.80. The van der Waals surface area contributed by atoms with E-state index >= 15 is 0 Å². The van der Waals surface area contributed by atoms with Crippen molar-refractivity contribution in [2.75, 3.05) is 26.7 Å². The number of para-hydroxylation sites is 1. The summed E-state index contributed by atoms with van der Waals surface area (Å²) in [7, 11) is 1.76. The summed E-state index contributed by atoms with van der Waals surface area (Å²) in [5.74, 6) is -0.415. The maximum absolute atomic E-state index is 12.6. The number of hydrogen-bond donors (Lipinski definition) is 1. The van der Waals surface area contributed by atoms with Gasteiger partial charge in [-0.3, -0.25) is 14.5 Å². The minimum atomic E-state index is -0.786. The van der Waals surface area contributed by atoms with E-state index in [-0.39, 0.29) is 24.4 Å². The number of likely N-dealkylation sites (N-methyl/N-ethyl adjacent to an activating group) is 1. The first-order valence-corrected chi connectivity index (χ1v) is 8.56. The summed E-state index contributed by atoms with van der Waals surface area (Å²) < 4.78 is 5.85. The fourth-order valence-electron chi connectivity index (χ4n) is 3.44. The maximum atomic E-state index is 12.6. The zero-order valence-electron chi connectivity index (χ0n) is 14.8. The standard InChI is InChI=1S/C19H24N2O4/c1-12-9-21(10-15(12)19(23)24)11-18(22)20(3)13(2)17-8-14-6-4-5-7-16(14)25-17/h4-8,12-13,15H,9-11H2,1-3H3,(H,23,24)/t12-,13?,15-/m1/s1. The third-order valence-corrected chi connectivity index (χ3v) is 5.19. The molecule has 1 saturated heterocycles. The van der Waals surface area contributed by atoms with Gasteiger partial charge >= 0.3 is 5.97 Å². The lowest BCUT2D eigenvalue weighted by Crippen LogP contribution is -2.39. The van der Waals surface area contributed by atoms with Crippen LogP contribution in [0.25, 0.3) is 11.0 Å². The average molecular weight is 344 g/mol. The molecule has 3 atom stereocenters. The van der Waals surface area contributed by atoms with Crippen LogP contribution in [-0.4, -0.2) is 53.5 Å². The Labute approximate surface area is 147 Å². The van der Waals surface area contributed by atoms with Gasteiger partial charge in [0.2, 0.25) is 5.91 Å². The number of benzene rings is 1. The molecule has 6 nitrogen and oxygen atoms in total. The van der Waals surface area contributed by atoms with Crippen molar-refractivity contribution in [3.63, 3.8) is 0 Å². The fraction of sp³-hybridized carbons (Fsp3) is 0.474. The molecule has 1 aromatic heterocycles. The van der Waals surface area contributed by atoms with Crippen LogP contribution < -0.4 is 0 Å². The molecule has 0 saturated carbocycles. The molecule has 1 N–H and O–H groups in total. The second kappa shape index (κ2) is 6.88. The number of rotatable bonds is 5. The van der Waals surface area contributed by atoms with Crippen LogP contribution in [0.5, 0.6) is 0 Å². The normalized spacial score (nSPS) is 22.2. The summed E-state index contributed by atoms with van der Waals surface area (Å²) in [4.78, 5) is 27.4. The van der Waals surface area contributed by atoms with Crippen LogP contribution >= 0.6 is 0 Å². The van der Waals surface area contributed by atoms with Gasteiger partial charge in [0.1, 0.15) is 11.3 Å². The van der Waals surface area contributed by atoms with E-state index in [9.17, 15) is 14.7 Å². The SMILES string of the molecule is CC(c1cc2ccccc2o1)N(C)C(=O)CN1C[C@@H](C)[C@H](C(=O)O)C1. The monoisotopic (exact) mass is 344 g/mol. The largest absolute Gasteiger partial charge is 0.481 e. The highest BCUT2D eigenvalue weighted by atomic mass is 16.4. The number of carbonyl (C=O) groups excluding carboxylic acids is 1. The van der Waals surface area contributed by atoms with Crippen molar-refractivity contribution in [1.82, 2.24) is 9.80 Å². The molecule has 1 aromatic carbocycles. The van der Waals surface area contributed by atoms with Gasteiger partial charge in [-0.2, -0.15) is 0 Å². The van der Waals surface area contributed by atoms with Crippen LogP contribution in [0.3, 0.4) is 0 Å². The Hall–Kier alpha value is -2.34. The first-order valence-electron chi connectivity index (χ1n) is 8.56. The number of likely N-dealkylation sites (tertiary alicyclic amines) is 1. The minimum Gasteiger partial charge on any atom is -0.481 e. The number of nitrogens with zero attached hydrogens (tertiary/aromatic N) is 2. The predicted octanol–water partition coefficient (Wildman–Crippen LogP) is 2.60. The lowest BCUT2D eigenvalue weighted by molar-refractivity contribution is -0.142. The Morgan fingerprint density at radius 2 is 2.08 bits per heavy atom. The maximum Gasteiger partial charge on any atom is 0.308 e. The summed E-state index contributed by atoms with van der Waals surface area (Å²) in [5.41, 5.74) is 0.808. The smallest absolute Gasteiger partial charge is 0.308 e. The molecular weight excluding hydrogens is 320 g/mol. The molecule has 0 spiro atoms. The van der Waals surface area contributed by atoms with Gasteiger partial charge in [0.25, 0.3) is 0 Å². The van der Waals surface area contributed by atoms with E-state index in [1.165, 1.54) is 0 Å². The summed E-state index contributed by atoms with van der Waals surface area (Å²) >= 11 is 0. The van der Waals surface area contributed by atoms with Crippen LogP contribution in [0.1, 0.15) is 25.6 Å². The Morgan fingerprint density at radius 1 is 1.36 bits per heavy atom. The van der Waals surface area contributed by atoms with Crippen LogP contribution in [0.2, 0.25) is 0 Å². The first-order chi connectivity index (χ1) is 11.9. The quantitative estimate of drug-likeness (QED) is 0.902. The minimum absolute atomic E-state index is 0.0359. The van der Waals surface area contributed by atoms with Gasteiger partial charge in [-0.1, -0.05) is 25.1 Å². The molecule has 3 rings (SSSR count). The van der Waals surface area contributed by atoms with E-state index in [0.29, 0.717) is 13.1 Å². The summed E-state index contributed by atoms with van der Waals surface area (Å²) in [6.07, 6.45) is 0. The number of carboxylic acids is 1. The summed E-state index contributed by atoms with van der Waals surface area (Å²) in [5, 5.41) is 10.2. The van der Waals surface area contributed by atoms with Crippen molar-refractivity contribution in [2.24, 2.45) is 11.8 Å². The molecule has 2 aromatic rings. The lowest BCUT2D eigenvalue weighted by Gasteiger charge is -2.26. The highest BCUT2D eigenvalue weighted by Crippen LogP contribution is 2.27. The topological polar surface area (TPSA) is 74.0 Å². The molecule has 6 heteroatoms. The number of furan rings is 1. The number of aliphatic carboxylic acids is 1. The van der Waals surface area contributed by atoms with E-state index in [4.69, 9.17) is 4.42 Å². The van der Waals surface area contributed by atoms with Crippen LogP contribution in [-0.2, 0) is 9.59 Å². The molecule has 0 aliphatic carbocycles. The lowest BCUT2D eigenvalue weighted by atomic mass is 9.99. The van der Waals surface area contributed by atoms with Crippen LogP contribution in [0.4, 0.5) is 0 Å². The van der Waals surface area contributed by atoms with Gasteiger partial charge in [0.15, 0.2) is 0 Å². The third-order valence-electron chi connectivity index (χ3n) is 5.19. The zero-order chi connectivity index (χ0) is 18.1. The Kier molecular flexibility index (Phi) is 4.81. The Balaban J connectivity index is 1.65. The van der Waals surface area contributed by atoms with Gasteiger partial charge < -0.3 is 14.4 Å². The highest BCUT2D eigenvalue weighted by Gasteiger charge is 2.36. The van der Waals surface area contributed by atoms with Crippen LogP contribution in [0, 0.1) is 11.8 Å². The molecular formula is C19H24N2O4. The van der Waals surface area contributed by atoms with E-state index < -0.39 is 11.9 Å². The molecule has 1 fully saturated rings. The molecule has 1 aliphatic heterocycles. The number of hydrogen-bond acceptors (Lipinski definition) is 4. The third kappa shape index (κ3) is 3.54. The van der Waals surface area contributed by atoms with Crippen molar-refractivity contribution >= 4 is 22.8 Å². The molecule has 0 radical (unpaired) electrons. The molecule has 1 aliphatic rings. The van der Waals surface area contributed by atoms with Crippen LogP contribution in [0.15, 0.2) is 34.7 Å². The van der Waals surface area contributed by atoms with Gasteiger partial charge in [0, 0.05) is 25.5 Å². The van der Waals surface area contributed by atoms with Crippen molar-refractivity contribution < 1.29 is 19.1 Å². The molecule has 25 heavy (non-hydrogen) atoms. The van der Waals surface area contributed by atoms with Crippen molar-refractivity contribution in [1.29, 1.82) is 0 Å². The zero-order valence-corrected chi connectivity index (χ0v) is 14.8. The Bertz CT molecular complexity index is 752. The number of fused-ring (bicyclic) bond motifs is 1. The van der Waals surface area contributed by atoms with E-state index in [0.717, 1.165) is 16.7 Å². The number of amides is 1. The average Bonchev–Trinajstić information content (AvgIpc) is 3.16. The van der Waals surface area contributed by atoms with E-state index in [1.807, 2.05) is 49.1 Å². The Morgan fingerprint density at radius 3 is 2.72 bits per heavy atom. The van der Waals surface area contributed by atoms with E-state index in [2.05, 4.69) is 0 Å². The van der Waals surface area contributed by atoms with Gasteiger partial charge in [-0.05, 0) is 25.0 Å². The predicted molar refractivity (Wildman–Crippen MR) is 94.1 cm³/mol. The van der Waals surface area contributed by atoms with Crippen molar-refractivity contribution in [3.05, 3.63) is 36.1 Å².